The molecule has 7 heteroatoms. The minimum Gasteiger partial charge on any atom is -0.396 e. The molecule has 0 spiro atoms. The van der Waals surface area contributed by atoms with Crippen LogP contribution in [0.25, 0.3) is 0 Å². The second kappa shape index (κ2) is 5.64. The lowest BCUT2D eigenvalue weighted by molar-refractivity contribution is 0.109. The van der Waals surface area contributed by atoms with Gasteiger partial charge in [0.2, 0.25) is 0 Å². The van der Waals surface area contributed by atoms with Gasteiger partial charge in [0.15, 0.2) is 12.0 Å². The van der Waals surface area contributed by atoms with Crippen molar-refractivity contribution in [2.75, 3.05) is 6.61 Å². The van der Waals surface area contributed by atoms with Crippen molar-refractivity contribution in [1.82, 2.24) is 15.0 Å². The van der Waals surface area contributed by atoms with E-state index in [-0.39, 0.29) is 24.6 Å². The van der Waals surface area contributed by atoms with Crippen molar-refractivity contribution in [3.05, 3.63) is 11.4 Å². The van der Waals surface area contributed by atoms with E-state index < -0.39 is 12.1 Å². The fraction of sp³-hybridized carbons (Fsp3) is 0.667. The van der Waals surface area contributed by atoms with Crippen LogP contribution in [-0.4, -0.2) is 33.0 Å². The second-order valence-corrected chi connectivity index (χ2v) is 3.44. The van der Waals surface area contributed by atoms with E-state index >= 15 is 0 Å². The number of hydrogen-bond donors (Lipinski definition) is 1. The van der Waals surface area contributed by atoms with E-state index in [1.165, 1.54) is 0 Å². The van der Waals surface area contributed by atoms with Gasteiger partial charge in [0.25, 0.3) is 6.43 Å². The Morgan fingerprint density at radius 3 is 2.75 bits per heavy atom. The molecule has 1 unspecified atom stereocenters. The largest absolute Gasteiger partial charge is 0.396 e. The summed E-state index contributed by atoms with van der Waals surface area (Å²) >= 11 is 0. The van der Waals surface area contributed by atoms with Gasteiger partial charge in [-0.25, -0.2) is 13.5 Å². The Morgan fingerprint density at radius 2 is 2.25 bits per heavy atom. The maximum absolute atomic E-state index is 12.7. The van der Waals surface area contributed by atoms with Crippen LogP contribution in [0.5, 0.6) is 0 Å². The highest BCUT2D eigenvalue weighted by molar-refractivity contribution is 5.73. The number of carbonyl (C=O) groups excluding carboxylic acids is 1. The van der Waals surface area contributed by atoms with Gasteiger partial charge >= 0.3 is 0 Å². The van der Waals surface area contributed by atoms with E-state index in [1.54, 1.807) is 6.92 Å². The van der Waals surface area contributed by atoms with Crippen LogP contribution in [0.15, 0.2) is 0 Å². The van der Waals surface area contributed by atoms with Gasteiger partial charge in [0.05, 0.1) is 6.04 Å². The number of hydrogen-bond acceptors (Lipinski definition) is 4. The zero-order chi connectivity index (χ0) is 12.1. The first kappa shape index (κ1) is 12.7. The first-order valence-electron chi connectivity index (χ1n) is 4.91. The Bertz CT molecular complexity index is 355. The van der Waals surface area contributed by atoms with Crippen LogP contribution >= 0.6 is 0 Å². The second-order valence-electron chi connectivity index (χ2n) is 3.44. The lowest BCUT2D eigenvalue weighted by Gasteiger charge is -2.13. The minimum absolute atomic E-state index is 0.0103. The van der Waals surface area contributed by atoms with E-state index in [0.717, 1.165) is 4.68 Å². The fourth-order valence-corrected chi connectivity index (χ4v) is 1.44. The smallest absolute Gasteiger partial charge is 0.282 e. The van der Waals surface area contributed by atoms with Gasteiger partial charge < -0.3 is 5.11 Å². The van der Waals surface area contributed by atoms with Gasteiger partial charge in [-0.3, -0.25) is 4.79 Å². The van der Waals surface area contributed by atoms with E-state index in [1.807, 2.05) is 0 Å². The van der Waals surface area contributed by atoms with Crippen LogP contribution in [0.4, 0.5) is 8.78 Å². The average Bonchev–Trinajstić information content (AvgIpc) is 2.69. The van der Waals surface area contributed by atoms with Crippen molar-refractivity contribution in [2.24, 2.45) is 0 Å². The van der Waals surface area contributed by atoms with Crippen molar-refractivity contribution in [2.45, 2.75) is 32.2 Å². The number of aldehydes is 1. The van der Waals surface area contributed by atoms with Gasteiger partial charge in [0.1, 0.15) is 5.69 Å². The highest BCUT2D eigenvalue weighted by atomic mass is 19.3. The number of alkyl halides is 2. The van der Waals surface area contributed by atoms with Crippen LogP contribution in [0.3, 0.4) is 0 Å². The SMILES string of the molecule is CC(CCCO)n1nnc(C=O)c1C(F)F. The van der Waals surface area contributed by atoms with Gasteiger partial charge in [-0.2, -0.15) is 0 Å². The highest BCUT2D eigenvalue weighted by Gasteiger charge is 2.23. The molecule has 0 fully saturated rings. The fourth-order valence-electron chi connectivity index (χ4n) is 1.44. The molecule has 16 heavy (non-hydrogen) atoms. The Balaban J connectivity index is 2.94. The molecule has 0 radical (unpaired) electrons. The third-order valence-electron chi connectivity index (χ3n) is 2.27. The Labute approximate surface area is 91.1 Å². The standard InChI is InChI=1S/C9H13F2N3O2/c1-6(3-2-4-15)14-8(9(10)11)7(5-16)12-13-14/h5-6,9,15H,2-4H2,1H3. The summed E-state index contributed by atoms with van der Waals surface area (Å²) in [4.78, 5) is 10.5. The summed E-state index contributed by atoms with van der Waals surface area (Å²) in [6, 6.07) is -0.322. The number of aromatic nitrogens is 3. The maximum atomic E-state index is 12.7. The molecule has 0 aliphatic carbocycles. The molecule has 1 rings (SSSR count). The summed E-state index contributed by atoms with van der Waals surface area (Å²) in [5.74, 6) is 0. The van der Waals surface area contributed by atoms with Crippen LogP contribution in [0, 0.1) is 0 Å². The molecule has 0 saturated heterocycles. The van der Waals surface area contributed by atoms with Crippen LogP contribution in [-0.2, 0) is 0 Å². The summed E-state index contributed by atoms with van der Waals surface area (Å²) in [6.07, 6.45) is -1.53. The van der Waals surface area contributed by atoms with Crippen molar-refractivity contribution in [1.29, 1.82) is 0 Å². The summed E-state index contributed by atoms with van der Waals surface area (Å²) in [7, 11) is 0. The zero-order valence-corrected chi connectivity index (χ0v) is 8.81. The molecule has 1 atom stereocenters. The monoisotopic (exact) mass is 233 g/mol. The van der Waals surface area contributed by atoms with Gasteiger partial charge in [0, 0.05) is 6.61 Å². The number of carbonyl (C=O) groups is 1. The quantitative estimate of drug-likeness (QED) is 0.753. The molecule has 90 valence electrons. The first-order valence-corrected chi connectivity index (χ1v) is 4.91. The van der Waals surface area contributed by atoms with Crippen molar-refractivity contribution in [3.63, 3.8) is 0 Å². The lowest BCUT2D eigenvalue weighted by Crippen LogP contribution is -2.12. The molecule has 0 aliphatic heterocycles. The van der Waals surface area contributed by atoms with Crippen LogP contribution in [0.2, 0.25) is 0 Å². The van der Waals surface area contributed by atoms with Crippen LogP contribution < -0.4 is 0 Å². The number of halogens is 2. The van der Waals surface area contributed by atoms with Gasteiger partial charge in [-0.1, -0.05) is 5.21 Å². The van der Waals surface area contributed by atoms with Gasteiger partial charge in [-0.15, -0.1) is 5.10 Å². The molecule has 1 heterocycles. The molecule has 1 aromatic heterocycles. The molecule has 1 aromatic rings. The summed E-state index contributed by atoms with van der Waals surface area (Å²) < 4.78 is 26.4. The molecule has 0 aliphatic rings. The molecular formula is C9H13F2N3O2. The topological polar surface area (TPSA) is 68.0 Å². The predicted molar refractivity (Wildman–Crippen MR) is 51.4 cm³/mol. The molecule has 0 bridgehead atoms. The number of aliphatic hydroxyl groups is 1. The van der Waals surface area contributed by atoms with E-state index in [0.29, 0.717) is 12.8 Å². The normalized spacial score (nSPS) is 13.1. The van der Waals surface area contributed by atoms with Crippen molar-refractivity contribution < 1.29 is 18.7 Å². The van der Waals surface area contributed by atoms with E-state index in [2.05, 4.69) is 10.3 Å². The maximum Gasteiger partial charge on any atom is 0.282 e. The molecule has 1 N–H and O–H groups in total. The summed E-state index contributed by atoms with van der Waals surface area (Å²) in [5.41, 5.74) is -0.786. The predicted octanol–water partition coefficient (Wildman–Crippen LogP) is 1.36. The molecule has 0 aromatic carbocycles. The Morgan fingerprint density at radius 1 is 1.56 bits per heavy atom. The van der Waals surface area contributed by atoms with Crippen LogP contribution in [0.1, 0.15) is 48.4 Å². The number of nitrogens with zero attached hydrogens (tertiary/aromatic N) is 3. The van der Waals surface area contributed by atoms with Gasteiger partial charge in [-0.05, 0) is 19.8 Å². The summed E-state index contributed by atoms with van der Waals surface area (Å²) in [6.45, 7) is 1.67. The zero-order valence-electron chi connectivity index (χ0n) is 8.81. The minimum atomic E-state index is -2.79. The van der Waals surface area contributed by atoms with E-state index in [4.69, 9.17) is 5.11 Å². The average molecular weight is 233 g/mol. The van der Waals surface area contributed by atoms with E-state index in [9.17, 15) is 13.6 Å². The van der Waals surface area contributed by atoms with Crippen molar-refractivity contribution in [3.8, 4) is 0 Å². The number of aliphatic hydroxyl groups excluding tert-OH is 1. The highest BCUT2D eigenvalue weighted by Crippen LogP contribution is 2.24. The summed E-state index contributed by atoms with van der Waals surface area (Å²) in [5, 5.41) is 15.6. The molecule has 0 saturated carbocycles. The Kier molecular flexibility index (Phi) is 4.48. The molecular weight excluding hydrogens is 220 g/mol. The third-order valence-corrected chi connectivity index (χ3v) is 2.27. The molecule has 0 amide bonds. The first-order chi connectivity index (χ1) is 7.61. The third kappa shape index (κ3) is 2.60. The molecule has 5 nitrogen and oxygen atoms in total. The lowest BCUT2D eigenvalue weighted by atomic mass is 10.2. The van der Waals surface area contributed by atoms with Crippen molar-refractivity contribution >= 4 is 6.29 Å². The Hall–Kier alpha value is -1.37. The number of rotatable bonds is 6.